The van der Waals surface area contributed by atoms with Gasteiger partial charge in [0.15, 0.2) is 0 Å². The van der Waals surface area contributed by atoms with E-state index in [-0.39, 0.29) is 11.6 Å². The van der Waals surface area contributed by atoms with Crippen molar-refractivity contribution in [3.8, 4) is 0 Å². The summed E-state index contributed by atoms with van der Waals surface area (Å²) in [6.45, 7) is 4.71. The summed E-state index contributed by atoms with van der Waals surface area (Å²) >= 11 is 0. The van der Waals surface area contributed by atoms with Crippen molar-refractivity contribution in [3.05, 3.63) is 33.9 Å². The lowest BCUT2D eigenvalue weighted by Gasteiger charge is -2.19. The molecule has 2 rings (SSSR count). The normalized spacial score (nSPS) is 15.1. The van der Waals surface area contributed by atoms with E-state index in [0.29, 0.717) is 30.9 Å². The maximum atomic E-state index is 12.3. The third kappa shape index (κ3) is 7.15. The maximum Gasteiger partial charge on any atom is 0.293 e. The summed E-state index contributed by atoms with van der Waals surface area (Å²) in [4.78, 5) is 25.6. The number of nitrogens with zero attached hydrogens (tertiary/aromatic N) is 2. The first-order chi connectivity index (χ1) is 13.1. The van der Waals surface area contributed by atoms with Crippen molar-refractivity contribution in [1.29, 1.82) is 0 Å². The van der Waals surface area contributed by atoms with Gasteiger partial charge in [0.1, 0.15) is 5.69 Å². The molecule has 1 aromatic carbocycles. The van der Waals surface area contributed by atoms with Gasteiger partial charge in [-0.15, -0.1) is 0 Å². The van der Waals surface area contributed by atoms with E-state index in [1.54, 1.807) is 19.2 Å². The molecule has 0 spiro atoms. The fourth-order valence-corrected chi connectivity index (χ4v) is 3.23. The van der Waals surface area contributed by atoms with Crippen LogP contribution in [0.2, 0.25) is 0 Å². The molecule has 1 heterocycles. The molecule has 0 unspecified atom stereocenters. The number of nitro benzene ring substituents is 1. The second-order valence-corrected chi connectivity index (χ2v) is 6.77. The van der Waals surface area contributed by atoms with E-state index in [9.17, 15) is 14.9 Å². The van der Waals surface area contributed by atoms with Crippen molar-refractivity contribution in [3.63, 3.8) is 0 Å². The van der Waals surface area contributed by atoms with E-state index in [0.717, 1.165) is 26.1 Å². The molecule has 27 heavy (non-hydrogen) atoms. The van der Waals surface area contributed by atoms with Gasteiger partial charge in [-0.1, -0.05) is 12.8 Å². The predicted molar refractivity (Wildman–Crippen MR) is 105 cm³/mol. The Balaban J connectivity index is 1.83. The van der Waals surface area contributed by atoms with Crippen molar-refractivity contribution in [2.75, 3.05) is 51.8 Å². The van der Waals surface area contributed by atoms with Gasteiger partial charge in [0.25, 0.3) is 11.6 Å². The lowest BCUT2D eigenvalue weighted by Crippen LogP contribution is -2.30. The molecule has 0 aliphatic carbocycles. The highest BCUT2D eigenvalue weighted by atomic mass is 16.6. The summed E-state index contributed by atoms with van der Waals surface area (Å²) in [5.74, 6) is -0.280. The monoisotopic (exact) mass is 378 g/mol. The number of nitro groups is 1. The van der Waals surface area contributed by atoms with Crippen LogP contribution in [-0.2, 0) is 4.74 Å². The van der Waals surface area contributed by atoms with Crippen molar-refractivity contribution in [2.45, 2.75) is 32.1 Å². The van der Waals surface area contributed by atoms with Crippen LogP contribution in [0.25, 0.3) is 0 Å². The second kappa shape index (κ2) is 11.5. The van der Waals surface area contributed by atoms with Crippen molar-refractivity contribution < 1.29 is 14.5 Å². The van der Waals surface area contributed by atoms with Crippen molar-refractivity contribution >= 4 is 17.3 Å². The van der Waals surface area contributed by atoms with Gasteiger partial charge in [-0.3, -0.25) is 14.9 Å². The Morgan fingerprint density at radius 3 is 2.63 bits per heavy atom. The third-order valence-electron chi connectivity index (χ3n) is 4.71. The number of hydrogen-bond acceptors (Lipinski definition) is 6. The van der Waals surface area contributed by atoms with E-state index in [2.05, 4.69) is 15.5 Å². The molecule has 0 saturated carbocycles. The van der Waals surface area contributed by atoms with Crippen molar-refractivity contribution in [1.82, 2.24) is 10.2 Å². The zero-order valence-corrected chi connectivity index (χ0v) is 16.0. The van der Waals surface area contributed by atoms with Crippen LogP contribution in [0.3, 0.4) is 0 Å². The van der Waals surface area contributed by atoms with Gasteiger partial charge in [-0.25, -0.2) is 0 Å². The number of amides is 1. The number of methoxy groups -OCH3 is 1. The molecule has 1 aliphatic heterocycles. The highest BCUT2D eigenvalue weighted by Crippen LogP contribution is 2.25. The fourth-order valence-electron chi connectivity index (χ4n) is 3.23. The summed E-state index contributed by atoms with van der Waals surface area (Å²) in [6, 6.07) is 4.49. The number of hydrogen-bond donors (Lipinski definition) is 2. The molecule has 0 atom stereocenters. The number of likely N-dealkylation sites (tertiary alicyclic amines) is 1. The van der Waals surface area contributed by atoms with Gasteiger partial charge in [-0.2, -0.15) is 0 Å². The summed E-state index contributed by atoms with van der Waals surface area (Å²) in [5.41, 5.74) is 0.576. The minimum Gasteiger partial charge on any atom is -0.383 e. The lowest BCUT2D eigenvalue weighted by atomic mass is 10.1. The predicted octanol–water partition coefficient (Wildman–Crippen LogP) is 2.65. The quantitative estimate of drug-likeness (QED) is 0.369. The topological polar surface area (TPSA) is 96.7 Å². The highest BCUT2D eigenvalue weighted by molar-refractivity contribution is 5.95. The SMILES string of the molecule is COCCNc1ccc(C(=O)NCCCN2CCCCCC2)cc1[N+](=O)[O-]. The van der Waals surface area contributed by atoms with E-state index >= 15 is 0 Å². The van der Waals surface area contributed by atoms with E-state index < -0.39 is 4.92 Å². The number of ether oxygens (including phenoxy) is 1. The molecule has 1 fully saturated rings. The average molecular weight is 378 g/mol. The Morgan fingerprint density at radius 1 is 1.22 bits per heavy atom. The molecule has 1 aliphatic rings. The molecule has 0 bridgehead atoms. The minimum atomic E-state index is -0.481. The molecule has 1 saturated heterocycles. The number of carbonyl (C=O) groups excluding carboxylic acids is 1. The molecule has 150 valence electrons. The molecule has 8 heteroatoms. The van der Waals surface area contributed by atoms with Crippen LogP contribution in [0.5, 0.6) is 0 Å². The van der Waals surface area contributed by atoms with Gasteiger partial charge >= 0.3 is 0 Å². The van der Waals surface area contributed by atoms with Crippen LogP contribution in [0.1, 0.15) is 42.5 Å². The Bertz CT molecular complexity index is 616. The third-order valence-corrected chi connectivity index (χ3v) is 4.71. The summed E-state index contributed by atoms with van der Waals surface area (Å²) in [7, 11) is 1.57. The van der Waals surface area contributed by atoms with E-state index in [1.807, 2.05) is 0 Å². The van der Waals surface area contributed by atoms with Gasteiger partial charge in [0, 0.05) is 31.8 Å². The van der Waals surface area contributed by atoms with Gasteiger partial charge in [0.2, 0.25) is 0 Å². The molecule has 1 amide bonds. The molecule has 2 N–H and O–H groups in total. The molecule has 8 nitrogen and oxygen atoms in total. The first kappa shape index (κ1) is 21.1. The van der Waals surface area contributed by atoms with Crippen LogP contribution in [0, 0.1) is 10.1 Å². The zero-order valence-electron chi connectivity index (χ0n) is 16.0. The van der Waals surface area contributed by atoms with Gasteiger partial charge < -0.3 is 20.3 Å². The molecule has 0 aromatic heterocycles. The van der Waals surface area contributed by atoms with Gasteiger partial charge in [-0.05, 0) is 51.0 Å². The smallest absolute Gasteiger partial charge is 0.293 e. The number of benzene rings is 1. The fraction of sp³-hybridized carbons (Fsp3) is 0.632. The summed E-state index contributed by atoms with van der Waals surface area (Å²) < 4.78 is 4.93. The minimum absolute atomic E-state index is 0.108. The Kier molecular flexibility index (Phi) is 9.00. The van der Waals surface area contributed by atoms with E-state index in [4.69, 9.17) is 4.74 Å². The van der Waals surface area contributed by atoms with Crippen LogP contribution < -0.4 is 10.6 Å². The number of rotatable bonds is 10. The number of nitrogens with one attached hydrogen (secondary N) is 2. The number of anilines is 1. The number of carbonyl (C=O) groups is 1. The average Bonchev–Trinajstić information content (AvgIpc) is 2.94. The van der Waals surface area contributed by atoms with Crippen LogP contribution in [0.4, 0.5) is 11.4 Å². The second-order valence-electron chi connectivity index (χ2n) is 6.77. The first-order valence-corrected chi connectivity index (χ1v) is 9.63. The van der Waals surface area contributed by atoms with Crippen LogP contribution in [-0.4, -0.2) is 62.2 Å². The van der Waals surface area contributed by atoms with Crippen molar-refractivity contribution in [2.24, 2.45) is 0 Å². The maximum absolute atomic E-state index is 12.3. The molecule has 1 aromatic rings. The van der Waals surface area contributed by atoms with Crippen LogP contribution in [0.15, 0.2) is 18.2 Å². The van der Waals surface area contributed by atoms with Crippen LogP contribution >= 0.6 is 0 Å². The Morgan fingerprint density at radius 2 is 1.96 bits per heavy atom. The summed E-state index contributed by atoms with van der Waals surface area (Å²) in [6.07, 6.45) is 6.00. The molecular formula is C19H30N4O4. The standard InChI is InChI=1S/C19H30N4O4/c1-27-14-10-20-17-8-7-16(15-18(17)23(25)26)19(24)21-9-6-13-22-11-4-2-3-5-12-22/h7-8,15,20H,2-6,9-14H2,1H3,(H,21,24). The molecular weight excluding hydrogens is 348 g/mol. The highest BCUT2D eigenvalue weighted by Gasteiger charge is 2.17. The van der Waals surface area contributed by atoms with Gasteiger partial charge in [0.05, 0.1) is 11.5 Å². The largest absolute Gasteiger partial charge is 0.383 e. The first-order valence-electron chi connectivity index (χ1n) is 9.63. The Hall–Kier alpha value is -2.19. The lowest BCUT2D eigenvalue weighted by molar-refractivity contribution is -0.384. The van der Waals surface area contributed by atoms with E-state index in [1.165, 1.54) is 31.7 Å². The summed E-state index contributed by atoms with van der Waals surface area (Å²) in [5, 5.41) is 17.1. The zero-order chi connectivity index (χ0) is 19.5. The molecule has 0 radical (unpaired) electrons. The Labute approximate surface area is 160 Å².